The van der Waals surface area contributed by atoms with Gasteiger partial charge < -0.3 is 24.7 Å². The number of nitrogens with zero attached hydrogens (tertiary/aromatic N) is 2. The van der Waals surface area contributed by atoms with Gasteiger partial charge in [-0.2, -0.15) is 4.98 Å². The van der Waals surface area contributed by atoms with E-state index in [9.17, 15) is 19.6 Å². The topological polar surface area (TPSA) is 151 Å². The van der Waals surface area contributed by atoms with Crippen molar-refractivity contribution in [3.63, 3.8) is 0 Å². The molecule has 1 fully saturated rings. The summed E-state index contributed by atoms with van der Waals surface area (Å²) < 4.78 is 21.5. The maximum atomic E-state index is 12.3. The Balaban J connectivity index is 1.68. The van der Waals surface area contributed by atoms with E-state index in [0.29, 0.717) is 10.8 Å². The van der Waals surface area contributed by atoms with Crippen LogP contribution in [0.15, 0.2) is 52.4 Å². The van der Waals surface area contributed by atoms with E-state index >= 15 is 0 Å². The molecule has 0 unspecified atom stereocenters. The van der Waals surface area contributed by atoms with E-state index in [0.717, 1.165) is 10.1 Å². The predicted octanol–water partition coefficient (Wildman–Crippen LogP) is 0.264. The highest BCUT2D eigenvalue weighted by atomic mass is 32.2. The molecule has 0 spiro atoms. The average molecular weight is 430 g/mol. The molecule has 4 N–H and O–H groups in total. The zero-order valence-corrected chi connectivity index (χ0v) is 16.1. The first kappa shape index (κ1) is 21.2. The van der Waals surface area contributed by atoms with Crippen molar-refractivity contribution < 1.29 is 33.8 Å². The van der Waals surface area contributed by atoms with Gasteiger partial charge in [-0.1, -0.05) is 30.3 Å². The zero-order valence-electron chi connectivity index (χ0n) is 14.4. The van der Waals surface area contributed by atoms with E-state index in [-0.39, 0.29) is 0 Å². The first-order chi connectivity index (χ1) is 13.2. The van der Waals surface area contributed by atoms with E-state index in [4.69, 9.17) is 14.5 Å². The lowest BCUT2D eigenvalue weighted by atomic mass is 10.1. The molecular weight excluding hydrogens is 411 g/mol. The van der Waals surface area contributed by atoms with E-state index < -0.39 is 44.7 Å². The summed E-state index contributed by atoms with van der Waals surface area (Å²) in [5.41, 5.74) is 0.384. The Morgan fingerprint density at radius 2 is 1.89 bits per heavy atom. The molecule has 0 radical (unpaired) electrons. The van der Waals surface area contributed by atoms with Crippen LogP contribution in [0, 0.1) is 0 Å². The maximum Gasteiger partial charge on any atom is 0.469 e. The molecule has 2 aromatic rings. The molecule has 28 heavy (non-hydrogen) atoms. The summed E-state index contributed by atoms with van der Waals surface area (Å²) in [6.45, 7) is -0.647. The van der Waals surface area contributed by atoms with Gasteiger partial charge in [0.05, 0.1) is 6.61 Å². The van der Waals surface area contributed by atoms with Gasteiger partial charge in [0, 0.05) is 11.9 Å². The third-order valence-corrected chi connectivity index (χ3v) is 5.54. The van der Waals surface area contributed by atoms with Crippen LogP contribution in [0.4, 0.5) is 0 Å². The van der Waals surface area contributed by atoms with Crippen molar-refractivity contribution in [2.75, 3.05) is 6.61 Å². The number of thioether (sulfide) groups is 1. The van der Waals surface area contributed by atoms with Gasteiger partial charge in [0.15, 0.2) is 6.23 Å². The highest BCUT2D eigenvalue weighted by Crippen LogP contribution is 2.38. The minimum absolute atomic E-state index is 0.486. The standard InChI is InChI=1S/C16H19N2O8PS/c19-13-11(8-25-27(22,23)24)26-15(14(13)20)18-7-6-12(17-16(18)21)28-9-10-4-2-1-3-5-10/h1-7,11,13-15,19-20H,8-9H2,(H2,22,23,24)/t11-,13-,14-,15-/m1/s1. The number of phosphoric acid groups is 1. The first-order valence-electron chi connectivity index (χ1n) is 8.22. The summed E-state index contributed by atoms with van der Waals surface area (Å²) in [7, 11) is -4.76. The fourth-order valence-electron chi connectivity index (χ4n) is 2.67. The fraction of sp³-hybridized carbons (Fsp3) is 0.375. The smallest absolute Gasteiger partial charge is 0.387 e. The summed E-state index contributed by atoms with van der Waals surface area (Å²) in [5, 5.41) is 20.6. The molecular formula is C16H19N2O8PS. The molecule has 1 aliphatic rings. The zero-order chi connectivity index (χ0) is 20.3. The van der Waals surface area contributed by atoms with E-state index in [1.165, 1.54) is 18.0 Å². The van der Waals surface area contributed by atoms with Crippen LogP contribution < -0.4 is 5.69 Å². The number of rotatable bonds is 7. The molecule has 0 amide bonds. The SMILES string of the molecule is O=c1nc(SCc2ccccc2)ccn1[C@@H]1O[C@H](COP(=O)(O)O)[C@@H](O)[C@H]1O. The summed E-state index contributed by atoms with van der Waals surface area (Å²) in [6, 6.07) is 11.2. The third-order valence-electron chi connectivity index (χ3n) is 4.05. The molecule has 0 bridgehead atoms. The lowest BCUT2D eigenvalue weighted by molar-refractivity contribution is -0.0543. The molecule has 4 atom stereocenters. The number of aromatic nitrogens is 2. The van der Waals surface area contributed by atoms with Crippen LogP contribution in [0.25, 0.3) is 0 Å². The van der Waals surface area contributed by atoms with Gasteiger partial charge in [0.25, 0.3) is 0 Å². The summed E-state index contributed by atoms with van der Waals surface area (Å²) in [4.78, 5) is 33.8. The molecule has 1 saturated heterocycles. The van der Waals surface area contributed by atoms with Gasteiger partial charge in [0.1, 0.15) is 23.3 Å². The minimum atomic E-state index is -4.76. The van der Waals surface area contributed by atoms with E-state index in [1.54, 1.807) is 6.07 Å². The Morgan fingerprint density at radius 1 is 1.18 bits per heavy atom. The molecule has 3 rings (SSSR count). The Kier molecular flexibility index (Phi) is 6.69. The summed E-state index contributed by atoms with van der Waals surface area (Å²) >= 11 is 1.37. The second-order valence-electron chi connectivity index (χ2n) is 6.06. The van der Waals surface area contributed by atoms with Gasteiger partial charge >= 0.3 is 13.5 Å². The van der Waals surface area contributed by atoms with Crippen molar-refractivity contribution in [1.29, 1.82) is 0 Å². The predicted molar refractivity (Wildman–Crippen MR) is 98.4 cm³/mol. The number of hydrogen-bond donors (Lipinski definition) is 4. The van der Waals surface area contributed by atoms with Crippen LogP contribution in [0.3, 0.4) is 0 Å². The fourth-order valence-corrected chi connectivity index (χ4v) is 3.82. The maximum absolute atomic E-state index is 12.3. The van der Waals surface area contributed by atoms with Crippen molar-refractivity contribution in [2.24, 2.45) is 0 Å². The van der Waals surface area contributed by atoms with Crippen LogP contribution in [-0.4, -0.2) is 54.5 Å². The average Bonchev–Trinajstić information content (AvgIpc) is 2.93. The largest absolute Gasteiger partial charge is 0.469 e. The Hall–Kier alpha value is -1.56. The number of benzene rings is 1. The van der Waals surface area contributed by atoms with E-state index in [2.05, 4.69) is 9.51 Å². The van der Waals surface area contributed by atoms with E-state index in [1.807, 2.05) is 30.3 Å². The number of aliphatic hydroxyl groups is 2. The van der Waals surface area contributed by atoms with Gasteiger partial charge in [-0.05, 0) is 11.6 Å². The first-order valence-corrected chi connectivity index (χ1v) is 10.7. The Labute approximate surface area is 164 Å². The second kappa shape index (κ2) is 8.85. The highest BCUT2D eigenvalue weighted by Gasteiger charge is 2.45. The monoisotopic (exact) mass is 430 g/mol. The van der Waals surface area contributed by atoms with Crippen molar-refractivity contribution in [3.8, 4) is 0 Å². The molecule has 1 aromatic heterocycles. The van der Waals surface area contributed by atoms with Gasteiger partial charge in [-0.15, -0.1) is 11.8 Å². The van der Waals surface area contributed by atoms with Gasteiger partial charge in [-0.25, -0.2) is 9.36 Å². The number of hydrogen-bond acceptors (Lipinski definition) is 8. The van der Waals surface area contributed by atoms with Crippen LogP contribution in [0.5, 0.6) is 0 Å². The van der Waals surface area contributed by atoms with Gasteiger partial charge in [0.2, 0.25) is 0 Å². The molecule has 0 saturated carbocycles. The molecule has 1 aliphatic heterocycles. The minimum Gasteiger partial charge on any atom is -0.387 e. The molecule has 152 valence electrons. The lowest BCUT2D eigenvalue weighted by Crippen LogP contribution is -2.36. The summed E-state index contributed by atoms with van der Waals surface area (Å²) in [6.07, 6.45) is -4.07. The van der Waals surface area contributed by atoms with Crippen LogP contribution in [-0.2, 0) is 19.6 Å². The quantitative estimate of drug-likeness (QED) is 0.274. The summed E-state index contributed by atoms with van der Waals surface area (Å²) in [5.74, 6) is 0.625. The van der Waals surface area contributed by atoms with Crippen molar-refractivity contribution in [1.82, 2.24) is 9.55 Å². The molecule has 0 aliphatic carbocycles. The highest BCUT2D eigenvalue weighted by molar-refractivity contribution is 7.98. The van der Waals surface area contributed by atoms with Crippen LogP contribution >= 0.6 is 19.6 Å². The normalized spacial score (nSPS) is 25.1. The molecule has 1 aromatic carbocycles. The number of phosphoric ester groups is 1. The van der Waals surface area contributed by atoms with Gasteiger partial charge in [-0.3, -0.25) is 9.09 Å². The van der Waals surface area contributed by atoms with Crippen molar-refractivity contribution >= 4 is 19.6 Å². The second-order valence-corrected chi connectivity index (χ2v) is 8.30. The van der Waals surface area contributed by atoms with Crippen LogP contribution in [0.1, 0.15) is 11.8 Å². The Bertz CT molecular complexity index is 905. The third kappa shape index (κ3) is 5.28. The van der Waals surface area contributed by atoms with Crippen molar-refractivity contribution in [3.05, 3.63) is 58.6 Å². The number of ether oxygens (including phenoxy) is 1. The Morgan fingerprint density at radius 3 is 2.54 bits per heavy atom. The molecule has 10 nitrogen and oxygen atoms in total. The number of aliphatic hydroxyl groups excluding tert-OH is 2. The lowest BCUT2D eigenvalue weighted by Gasteiger charge is -2.17. The van der Waals surface area contributed by atoms with Crippen LogP contribution in [0.2, 0.25) is 0 Å². The molecule has 2 heterocycles. The van der Waals surface area contributed by atoms with Crippen molar-refractivity contribution in [2.45, 2.75) is 35.3 Å². The molecule has 12 heteroatoms.